The van der Waals surface area contributed by atoms with Crippen molar-refractivity contribution < 1.29 is 18.9 Å². The molecule has 2 heterocycles. The summed E-state index contributed by atoms with van der Waals surface area (Å²) in [7, 11) is 1.88. The van der Waals surface area contributed by atoms with Crippen LogP contribution in [-0.2, 0) is 9.47 Å². The Bertz CT molecular complexity index is 476. The molecule has 0 aromatic heterocycles. The highest BCUT2D eigenvalue weighted by Crippen LogP contribution is 2.38. The first kappa shape index (κ1) is 13.9. The number of fused-ring (bicyclic) bond motifs is 1. The first-order valence-electron chi connectivity index (χ1n) is 6.75. The average Bonchev–Trinajstić information content (AvgIpc) is 2.49. The molecule has 0 amide bonds. The lowest BCUT2D eigenvalue weighted by atomic mass is 10.0. The smallest absolute Gasteiger partial charge is 0.162 e. The van der Waals surface area contributed by atoms with Gasteiger partial charge in [-0.3, -0.25) is 0 Å². The largest absolute Gasteiger partial charge is 0.486 e. The van der Waals surface area contributed by atoms with Crippen LogP contribution in [0.2, 0.25) is 5.02 Å². The van der Waals surface area contributed by atoms with Crippen LogP contribution in [0.5, 0.6) is 11.5 Å². The standard InChI is InChI=1S/C14H18ClNO4/c1-16-14(13-8-17-2-3-20-13)9-6-11-12(7-10(9)15)19-5-4-18-11/h6-7,13-14,16H,2-5,8H2,1H3. The van der Waals surface area contributed by atoms with Crippen LogP contribution in [0.4, 0.5) is 0 Å². The van der Waals surface area contributed by atoms with Gasteiger partial charge in [0.05, 0.1) is 25.9 Å². The predicted octanol–water partition coefficient (Wildman–Crippen LogP) is 1.79. The fraction of sp³-hybridized carbons (Fsp3) is 0.571. The monoisotopic (exact) mass is 299 g/mol. The highest BCUT2D eigenvalue weighted by Gasteiger charge is 2.28. The number of benzene rings is 1. The van der Waals surface area contributed by atoms with E-state index in [0.29, 0.717) is 43.8 Å². The topological polar surface area (TPSA) is 49.0 Å². The zero-order valence-corrected chi connectivity index (χ0v) is 12.1. The summed E-state index contributed by atoms with van der Waals surface area (Å²) in [6.07, 6.45) is -0.0613. The van der Waals surface area contributed by atoms with Gasteiger partial charge in [-0.05, 0) is 18.7 Å². The van der Waals surface area contributed by atoms with Crippen molar-refractivity contribution in [3.63, 3.8) is 0 Å². The van der Waals surface area contributed by atoms with E-state index >= 15 is 0 Å². The van der Waals surface area contributed by atoms with Crippen LogP contribution >= 0.6 is 11.6 Å². The Hall–Kier alpha value is -1.01. The van der Waals surface area contributed by atoms with Crippen LogP contribution in [0.3, 0.4) is 0 Å². The molecule has 110 valence electrons. The molecule has 5 nitrogen and oxygen atoms in total. The zero-order chi connectivity index (χ0) is 13.9. The zero-order valence-electron chi connectivity index (χ0n) is 11.4. The number of likely N-dealkylation sites (N-methyl/N-ethyl adjacent to an activating group) is 1. The summed E-state index contributed by atoms with van der Waals surface area (Å²) in [4.78, 5) is 0. The van der Waals surface area contributed by atoms with Crippen molar-refractivity contribution in [2.75, 3.05) is 40.1 Å². The third kappa shape index (κ3) is 2.72. The molecule has 3 rings (SSSR count). The minimum absolute atomic E-state index is 0.0429. The molecule has 0 spiro atoms. The summed E-state index contributed by atoms with van der Waals surface area (Å²) in [6, 6.07) is 3.69. The molecule has 0 saturated carbocycles. The van der Waals surface area contributed by atoms with Gasteiger partial charge in [-0.15, -0.1) is 0 Å². The van der Waals surface area contributed by atoms with Gasteiger partial charge < -0.3 is 24.3 Å². The summed E-state index contributed by atoms with van der Waals surface area (Å²) in [6.45, 7) is 2.90. The fourth-order valence-electron chi connectivity index (χ4n) is 2.56. The van der Waals surface area contributed by atoms with Crippen LogP contribution in [0, 0.1) is 0 Å². The highest BCUT2D eigenvalue weighted by molar-refractivity contribution is 6.31. The number of ether oxygens (including phenoxy) is 4. The molecule has 1 aromatic rings. The summed E-state index contributed by atoms with van der Waals surface area (Å²) in [5, 5.41) is 3.89. The maximum atomic E-state index is 6.38. The average molecular weight is 300 g/mol. The quantitative estimate of drug-likeness (QED) is 0.922. The lowest BCUT2D eigenvalue weighted by Gasteiger charge is -2.31. The van der Waals surface area contributed by atoms with E-state index in [0.717, 1.165) is 11.3 Å². The van der Waals surface area contributed by atoms with E-state index in [1.165, 1.54) is 0 Å². The number of halogens is 1. The Morgan fingerprint density at radius 1 is 1.15 bits per heavy atom. The van der Waals surface area contributed by atoms with Gasteiger partial charge >= 0.3 is 0 Å². The summed E-state index contributed by atoms with van der Waals surface area (Å²) in [5.41, 5.74) is 0.939. The number of hydrogen-bond donors (Lipinski definition) is 1. The van der Waals surface area contributed by atoms with Crippen LogP contribution in [0.15, 0.2) is 12.1 Å². The molecule has 0 radical (unpaired) electrons. The molecule has 1 fully saturated rings. The van der Waals surface area contributed by atoms with Crippen LogP contribution < -0.4 is 14.8 Å². The van der Waals surface area contributed by atoms with E-state index in [2.05, 4.69) is 5.32 Å². The van der Waals surface area contributed by atoms with Crippen LogP contribution in [-0.4, -0.2) is 46.2 Å². The van der Waals surface area contributed by atoms with Gasteiger partial charge in [0.2, 0.25) is 0 Å². The van der Waals surface area contributed by atoms with E-state index in [4.69, 9.17) is 30.5 Å². The molecule has 0 aliphatic carbocycles. The van der Waals surface area contributed by atoms with Gasteiger partial charge in [-0.25, -0.2) is 0 Å². The van der Waals surface area contributed by atoms with E-state index in [-0.39, 0.29) is 12.1 Å². The minimum Gasteiger partial charge on any atom is -0.486 e. The molecule has 1 aromatic carbocycles. The van der Waals surface area contributed by atoms with Crippen molar-refractivity contribution in [1.82, 2.24) is 5.32 Å². The van der Waals surface area contributed by atoms with Crippen molar-refractivity contribution in [3.05, 3.63) is 22.7 Å². The molecule has 0 bridgehead atoms. The van der Waals surface area contributed by atoms with Crippen LogP contribution in [0.1, 0.15) is 11.6 Å². The molecule has 1 N–H and O–H groups in total. The Morgan fingerprint density at radius 2 is 1.90 bits per heavy atom. The molecule has 2 atom stereocenters. The molecule has 6 heteroatoms. The number of hydrogen-bond acceptors (Lipinski definition) is 5. The van der Waals surface area contributed by atoms with E-state index < -0.39 is 0 Å². The Kier molecular flexibility index (Phi) is 4.31. The van der Waals surface area contributed by atoms with Gasteiger partial charge in [0, 0.05) is 11.1 Å². The van der Waals surface area contributed by atoms with Gasteiger partial charge in [0.15, 0.2) is 11.5 Å². The lowest BCUT2D eigenvalue weighted by Crippen LogP contribution is -2.39. The van der Waals surface area contributed by atoms with E-state index in [1.54, 1.807) is 6.07 Å². The maximum absolute atomic E-state index is 6.38. The summed E-state index contributed by atoms with van der Waals surface area (Å²) >= 11 is 6.38. The molecule has 2 aliphatic heterocycles. The van der Waals surface area contributed by atoms with Crippen molar-refractivity contribution in [1.29, 1.82) is 0 Å². The van der Waals surface area contributed by atoms with Gasteiger partial charge in [0.25, 0.3) is 0 Å². The molecular weight excluding hydrogens is 282 g/mol. The Labute approximate surface area is 123 Å². The Balaban J connectivity index is 1.90. The van der Waals surface area contributed by atoms with Gasteiger partial charge in [-0.2, -0.15) is 0 Å². The van der Waals surface area contributed by atoms with E-state index in [1.807, 2.05) is 13.1 Å². The normalized spacial score (nSPS) is 23.4. The second-order valence-electron chi connectivity index (χ2n) is 4.77. The molecule has 2 unspecified atom stereocenters. The van der Waals surface area contributed by atoms with E-state index in [9.17, 15) is 0 Å². The van der Waals surface area contributed by atoms with Crippen molar-refractivity contribution in [2.24, 2.45) is 0 Å². The van der Waals surface area contributed by atoms with Crippen molar-refractivity contribution in [2.45, 2.75) is 12.1 Å². The summed E-state index contributed by atoms with van der Waals surface area (Å²) < 4.78 is 22.4. The predicted molar refractivity (Wildman–Crippen MR) is 74.8 cm³/mol. The molecular formula is C14H18ClNO4. The second-order valence-corrected chi connectivity index (χ2v) is 5.18. The molecule has 2 aliphatic rings. The lowest BCUT2D eigenvalue weighted by molar-refractivity contribution is -0.101. The third-order valence-electron chi connectivity index (χ3n) is 3.52. The third-order valence-corrected chi connectivity index (χ3v) is 3.85. The Morgan fingerprint density at radius 3 is 2.55 bits per heavy atom. The van der Waals surface area contributed by atoms with Gasteiger partial charge in [-0.1, -0.05) is 11.6 Å². The maximum Gasteiger partial charge on any atom is 0.162 e. The first-order chi connectivity index (χ1) is 9.79. The van der Waals surface area contributed by atoms with Crippen molar-refractivity contribution in [3.8, 4) is 11.5 Å². The second kappa shape index (κ2) is 6.18. The highest BCUT2D eigenvalue weighted by atomic mass is 35.5. The van der Waals surface area contributed by atoms with Crippen molar-refractivity contribution >= 4 is 11.6 Å². The minimum atomic E-state index is -0.0613. The first-order valence-corrected chi connectivity index (χ1v) is 7.13. The number of nitrogens with one attached hydrogen (secondary N) is 1. The molecule has 20 heavy (non-hydrogen) atoms. The molecule has 1 saturated heterocycles. The summed E-state index contributed by atoms with van der Waals surface area (Å²) in [5.74, 6) is 1.42. The fourth-order valence-corrected chi connectivity index (χ4v) is 2.83. The SMILES string of the molecule is CNC(c1cc2c(cc1Cl)OCCO2)C1COCCO1. The number of rotatable bonds is 3. The van der Waals surface area contributed by atoms with Gasteiger partial charge in [0.1, 0.15) is 19.3 Å². The van der Waals surface area contributed by atoms with Crippen LogP contribution in [0.25, 0.3) is 0 Å².